The van der Waals surface area contributed by atoms with Gasteiger partial charge in [-0.15, -0.1) is 0 Å². The summed E-state index contributed by atoms with van der Waals surface area (Å²) in [6.07, 6.45) is 1.31. The van der Waals surface area contributed by atoms with Crippen LogP contribution in [0.5, 0.6) is 0 Å². The Balaban J connectivity index is 3.28. The van der Waals surface area contributed by atoms with Crippen molar-refractivity contribution >= 4 is 18.1 Å². The van der Waals surface area contributed by atoms with Crippen LogP contribution < -0.4 is 0 Å². The van der Waals surface area contributed by atoms with Gasteiger partial charge in [0, 0.05) is 0 Å². The second-order valence-electron chi connectivity index (χ2n) is 3.32. The predicted molar refractivity (Wildman–Crippen MR) is 52.7 cm³/mol. The second-order valence-corrected chi connectivity index (χ2v) is 9.81. The molecule has 0 fully saturated rings. The summed E-state index contributed by atoms with van der Waals surface area (Å²) in [6.45, 7) is 9.11. The lowest BCUT2D eigenvalue weighted by atomic mass is 10.6. The average molecular weight is 176 g/mol. The molecule has 0 atom stereocenters. The van der Waals surface area contributed by atoms with Gasteiger partial charge in [0.05, 0.1) is 0 Å². The van der Waals surface area contributed by atoms with Crippen molar-refractivity contribution < 1.29 is 4.12 Å². The SMILES string of the molecule is CCC[SiH2]O[Si](C)(C)CC. The van der Waals surface area contributed by atoms with Crippen molar-refractivity contribution in [1.82, 2.24) is 0 Å². The maximum atomic E-state index is 5.90. The first-order chi connectivity index (χ1) is 4.62. The Kier molecular flexibility index (Phi) is 5.30. The minimum atomic E-state index is -1.15. The van der Waals surface area contributed by atoms with Crippen LogP contribution in [0.2, 0.25) is 25.2 Å². The van der Waals surface area contributed by atoms with Crippen molar-refractivity contribution in [3.8, 4) is 0 Å². The largest absolute Gasteiger partial charge is 0.460 e. The van der Waals surface area contributed by atoms with Gasteiger partial charge in [0.25, 0.3) is 0 Å². The summed E-state index contributed by atoms with van der Waals surface area (Å²) in [7, 11) is -1.29. The Labute approximate surface area is 68.2 Å². The van der Waals surface area contributed by atoms with E-state index in [1.807, 2.05) is 0 Å². The zero-order valence-electron chi connectivity index (χ0n) is 7.74. The average Bonchev–Trinajstić information content (AvgIpc) is 1.89. The molecule has 1 nitrogen and oxygen atoms in total. The normalized spacial score (nSPS) is 13.2. The minimum Gasteiger partial charge on any atom is -0.460 e. The van der Waals surface area contributed by atoms with Crippen LogP contribution in [0, 0.1) is 0 Å². The first kappa shape index (κ1) is 10.4. The Morgan fingerprint density at radius 3 is 2.30 bits per heavy atom. The van der Waals surface area contributed by atoms with Gasteiger partial charge in [0.1, 0.15) is 9.76 Å². The summed E-state index contributed by atoms with van der Waals surface area (Å²) in [4.78, 5) is 0. The van der Waals surface area contributed by atoms with Gasteiger partial charge in [-0.3, -0.25) is 0 Å². The molecule has 10 heavy (non-hydrogen) atoms. The third-order valence-corrected chi connectivity index (χ3v) is 8.48. The van der Waals surface area contributed by atoms with Gasteiger partial charge in [0.2, 0.25) is 0 Å². The third-order valence-electron chi connectivity index (χ3n) is 1.84. The van der Waals surface area contributed by atoms with Crippen LogP contribution in [0.15, 0.2) is 0 Å². The molecule has 0 aromatic carbocycles. The van der Waals surface area contributed by atoms with E-state index in [1.54, 1.807) is 0 Å². The fourth-order valence-electron chi connectivity index (χ4n) is 0.595. The summed E-state index contributed by atoms with van der Waals surface area (Å²) < 4.78 is 5.90. The molecular formula is C7H20OSi2. The molecule has 0 aliphatic rings. The van der Waals surface area contributed by atoms with Gasteiger partial charge >= 0.3 is 0 Å². The highest BCUT2D eigenvalue weighted by atomic mass is 28.4. The predicted octanol–water partition coefficient (Wildman–Crippen LogP) is 2.14. The van der Waals surface area contributed by atoms with Crippen molar-refractivity contribution in [2.45, 2.75) is 45.5 Å². The van der Waals surface area contributed by atoms with E-state index in [4.69, 9.17) is 4.12 Å². The van der Waals surface area contributed by atoms with Crippen molar-refractivity contribution in [1.29, 1.82) is 0 Å². The molecule has 0 aromatic rings. The quantitative estimate of drug-likeness (QED) is 0.461. The van der Waals surface area contributed by atoms with Crippen molar-refractivity contribution in [3.05, 3.63) is 0 Å². The van der Waals surface area contributed by atoms with Crippen LogP contribution in [0.1, 0.15) is 20.3 Å². The monoisotopic (exact) mass is 176 g/mol. The lowest BCUT2D eigenvalue weighted by Gasteiger charge is -2.20. The molecule has 0 saturated heterocycles. The van der Waals surface area contributed by atoms with Crippen LogP contribution in [0.3, 0.4) is 0 Å². The molecular weight excluding hydrogens is 156 g/mol. The molecule has 0 aromatic heterocycles. The summed E-state index contributed by atoms with van der Waals surface area (Å²) in [5.74, 6) is 0. The minimum absolute atomic E-state index is 0.142. The molecule has 0 radical (unpaired) electrons. The first-order valence-corrected chi connectivity index (χ1v) is 8.95. The van der Waals surface area contributed by atoms with E-state index in [-0.39, 0.29) is 9.76 Å². The summed E-state index contributed by atoms with van der Waals surface area (Å²) in [6, 6.07) is 2.63. The fraction of sp³-hybridized carbons (Fsp3) is 1.00. The number of hydrogen-bond donors (Lipinski definition) is 0. The molecule has 0 rings (SSSR count). The highest BCUT2D eigenvalue weighted by molar-refractivity contribution is 6.75. The molecule has 0 aliphatic carbocycles. The summed E-state index contributed by atoms with van der Waals surface area (Å²) >= 11 is 0. The van der Waals surface area contributed by atoms with Crippen molar-refractivity contribution in [2.24, 2.45) is 0 Å². The Bertz CT molecular complexity index is 83.7. The summed E-state index contributed by atoms with van der Waals surface area (Å²) in [5.41, 5.74) is 0. The standard InChI is InChI=1S/C7H20OSi2/c1-5-7-9-8-10(3,4)6-2/h5-7,9H2,1-4H3. The maximum Gasteiger partial charge on any atom is 0.172 e. The van der Waals surface area contributed by atoms with Crippen molar-refractivity contribution in [2.75, 3.05) is 0 Å². The molecule has 0 N–H and O–H groups in total. The van der Waals surface area contributed by atoms with Crippen molar-refractivity contribution in [3.63, 3.8) is 0 Å². The Morgan fingerprint density at radius 2 is 1.90 bits per heavy atom. The van der Waals surface area contributed by atoms with E-state index in [0.717, 1.165) is 0 Å². The van der Waals surface area contributed by atoms with E-state index in [0.29, 0.717) is 0 Å². The number of hydrogen-bond acceptors (Lipinski definition) is 1. The number of rotatable bonds is 5. The molecule has 3 heteroatoms. The molecule has 62 valence electrons. The molecule has 0 unspecified atom stereocenters. The topological polar surface area (TPSA) is 9.23 Å². The van der Waals surface area contributed by atoms with Crippen LogP contribution in [0.4, 0.5) is 0 Å². The molecule has 0 aliphatic heterocycles. The first-order valence-electron chi connectivity index (χ1n) is 4.26. The summed E-state index contributed by atoms with van der Waals surface area (Å²) in [5, 5.41) is 0. The molecule has 0 spiro atoms. The van der Waals surface area contributed by atoms with Crippen LogP contribution in [0.25, 0.3) is 0 Å². The van der Waals surface area contributed by atoms with E-state index >= 15 is 0 Å². The van der Waals surface area contributed by atoms with E-state index < -0.39 is 8.32 Å². The van der Waals surface area contributed by atoms with Gasteiger partial charge in [-0.2, -0.15) is 0 Å². The van der Waals surface area contributed by atoms with Gasteiger partial charge in [0.15, 0.2) is 8.32 Å². The zero-order valence-corrected chi connectivity index (χ0v) is 10.2. The van der Waals surface area contributed by atoms with E-state index in [2.05, 4.69) is 26.9 Å². The molecule has 0 amide bonds. The maximum absolute atomic E-state index is 5.90. The highest BCUT2D eigenvalue weighted by Crippen LogP contribution is 2.09. The van der Waals surface area contributed by atoms with E-state index in [1.165, 1.54) is 18.5 Å². The Hall–Kier alpha value is 0.394. The van der Waals surface area contributed by atoms with E-state index in [9.17, 15) is 0 Å². The van der Waals surface area contributed by atoms with Crippen LogP contribution >= 0.6 is 0 Å². The van der Waals surface area contributed by atoms with Gasteiger partial charge < -0.3 is 4.12 Å². The van der Waals surface area contributed by atoms with Crippen LogP contribution in [-0.2, 0) is 4.12 Å². The third kappa shape index (κ3) is 5.20. The molecule has 0 saturated carbocycles. The Morgan fingerprint density at radius 1 is 1.30 bits per heavy atom. The lowest BCUT2D eigenvalue weighted by molar-refractivity contribution is 0.583. The zero-order chi connectivity index (χ0) is 8.04. The smallest absolute Gasteiger partial charge is 0.172 e. The van der Waals surface area contributed by atoms with Gasteiger partial charge in [-0.25, -0.2) is 0 Å². The lowest BCUT2D eigenvalue weighted by Crippen LogP contribution is -2.30. The van der Waals surface area contributed by atoms with Gasteiger partial charge in [-0.05, 0) is 25.2 Å². The van der Waals surface area contributed by atoms with Crippen LogP contribution in [-0.4, -0.2) is 18.1 Å². The fourth-order valence-corrected chi connectivity index (χ4v) is 4.49. The van der Waals surface area contributed by atoms with Gasteiger partial charge in [-0.1, -0.05) is 20.3 Å². The highest BCUT2D eigenvalue weighted by Gasteiger charge is 2.17. The molecule has 0 bridgehead atoms. The second kappa shape index (κ2) is 5.10. The molecule has 0 heterocycles.